The average Bonchev–Trinajstić information content (AvgIpc) is 3.64. The smallest absolute Gasteiger partial charge is 0.186 e. The van der Waals surface area contributed by atoms with E-state index < -0.39 is 55.4 Å². The standard InChI is InChI=1S/C42H83N3O8/c1-2-3-4-5-6-7-8-9-10-14-17-21-26-35(47)37(48)34(32-52-42-40(51)39(50)38(49)36(31-46)53-42)41-43-30-33(44-41)25-20-16-13-11-12-15-18-22-27-45-28-23-19-24-29-45/h33-44,46-51H,2-32H2,1H3/t33?,34-,35+,36?,37-,38?,39?,40?,41?,42?/m0/s1. The molecule has 0 bridgehead atoms. The molecule has 11 nitrogen and oxygen atoms in total. The summed E-state index contributed by atoms with van der Waals surface area (Å²) in [5.41, 5.74) is 0. The Bertz CT molecular complexity index is 868. The number of nitrogens with one attached hydrogen (secondary N) is 2. The van der Waals surface area contributed by atoms with E-state index in [0.29, 0.717) is 6.42 Å². The fourth-order valence-electron chi connectivity index (χ4n) is 8.52. The second-order valence-electron chi connectivity index (χ2n) is 16.7. The molecule has 0 amide bonds. The minimum Gasteiger partial charge on any atom is -0.394 e. The highest BCUT2D eigenvalue weighted by Crippen LogP contribution is 2.26. The Hall–Kier alpha value is -0.440. The van der Waals surface area contributed by atoms with E-state index >= 15 is 0 Å². The van der Waals surface area contributed by atoms with Crippen molar-refractivity contribution in [2.45, 2.75) is 223 Å². The molecule has 8 N–H and O–H groups in total. The van der Waals surface area contributed by atoms with Gasteiger partial charge in [-0.2, -0.15) is 0 Å². The molecule has 0 aromatic rings. The van der Waals surface area contributed by atoms with Gasteiger partial charge in [0.1, 0.15) is 24.4 Å². The third-order valence-corrected chi connectivity index (χ3v) is 12.1. The van der Waals surface area contributed by atoms with E-state index in [4.69, 9.17) is 9.47 Å². The van der Waals surface area contributed by atoms with Crippen molar-refractivity contribution in [2.24, 2.45) is 5.92 Å². The highest BCUT2D eigenvalue weighted by molar-refractivity contribution is 4.93. The third kappa shape index (κ3) is 18.6. The van der Waals surface area contributed by atoms with Crippen LogP contribution in [0.3, 0.4) is 0 Å². The third-order valence-electron chi connectivity index (χ3n) is 12.1. The maximum atomic E-state index is 11.5. The SMILES string of the molecule is CCCCCCCCCCCCCC[C@@H](O)[C@@H](O)[C@H](COC1OC(CO)C(O)C(O)C1O)C1NCC(CCCCCCCCCCN2CCCCC2)N1. The predicted octanol–water partition coefficient (Wildman–Crippen LogP) is 5.12. The van der Waals surface area contributed by atoms with Gasteiger partial charge >= 0.3 is 0 Å². The van der Waals surface area contributed by atoms with Crippen molar-refractivity contribution in [3.05, 3.63) is 0 Å². The van der Waals surface area contributed by atoms with Gasteiger partial charge in [-0.1, -0.05) is 135 Å². The van der Waals surface area contributed by atoms with Gasteiger partial charge in [0.25, 0.3) is 0 Å². The monoisotopic (exact) mass is 758 g/mol. The van der Waals surface area contributed by atoms with Gasteiger partial charge < -0.3 is 45.0 Å². The van der Waals surface area contributed by atoms with Crippen LogP contribution in [0.2, 0.25) is 0 Å². The van der Waals surface area contributed by atoms with Crippen LogP contribution in [0.5, 0.6) is 0 Å². The molecule has 0 spiro atoms. The topological polar surface area (TPSA) is 167 Å². The zero-order valence-corrected chi connectivity index (χ0v) is 33.6. The Kier molecular flexibility index (Phi) is 25.6. The number of hydrogen-bond donors (Lipinski definition) is 8. The lowest BCUT2D eigenvalue weighted by Crippen LogP contribution is -2.60. The minimum atomic E-state index is -1.54. The highest BCUT2D eigenvalue weighted by Gasteiger charge is 2.45. The molecule has 7 unspecified atom stereocenters. The molecule has 0 aromatic heterocycles. The molecule has 0 radical (unpaired) electrons. The van der Waals surface area contributed by atoms with E-state index in [0.717, 1.165) is 38.6 Å². The number of unbranched alkanes of at least 4 members (excludes halogenated alkanes) is 18. The zero-order chi connectivity index (χ0) is 38.1. The van der Waals surface area contributed by atoms with Crippen molar-refractivity contribution in [3.63, 3.8) is 0 Å². The molecule has 0 saturated carbocycles. The van der Waals surface area contributed by atoms with E-state index in [1.807, 2.05) is 0 Å². The second-order valence-corrected chi connectivity index (χ2v) is 16.7. The van der Waals surface area contributed by atoms with Gasteiger partial charge in [-0.05, 0) is 51.7 Å². The summed E-state index contributed by atoms with van der Waals surface area (Å²) in [6.07, 6.45) is 21.4. The quantitative estimate of drug-likeness (QED) is 0.0443. The lowest BCUT2D eigenvalue weighted by Gasteiger charge is -2.40. The van der Waals surface area contributed by atoms with Crippen molar-refractivity contribution >= 4 is 0 Å². The molecule has 3 heterocycles. The highest BCUT2D eigenvalue weighted by atomic mass is 16.7. The number of ether oxygens (including phenoxy) is 2. The van der Waals surface area contributed by atoms with Crippen LogP contribution in [0, 0.1) is 5.92 Å². The normalized spacial score (nSPS) is 28.7. The molecule has 11 heteroatoms. The van der Waals surface area contributed by atoms with E-state index in [-0.39, 0.29) is 18.8 Å². The Balaban J connectivity index is 1.36. The lowest BCUT2D eigenvalue weighted by atomic mass is 9.92. The summed E-state index contributed by atoms with van der Waals surface area (Å²) in [6, 6.07) is 0.241. The van der Waals surface area contributed by atoms with Crippen LogP contribution in [0.25, 0.3) is 0 Å². The number of hydrogen-bond acceptors (Lipinski definition) is 11. The van der Waals surface area contributed by atoms with Crippen LogP contribution >= 0.6 is 0 Å². The van der Waals surface area contributed by atoms with Crippen LogP contribution in [-0.4, -0.2) is 130 Å². The molecule has 10 atom stereocenters. The molecule has 3 fully saturated rings. The van der Waals surface area contributed by atoms with Crippen LogP contribution in [0.4, 0.5) is 0 Å². The maximum absolute atomic E-state index is 11.5. The number of aliphatic hydroxyl groups excluding tert-OH is 6. The Morgan fingerprint density at radius 1 is 0.698 bits per heavy atom. The number of nitrogens with zero attached hydrogens (tertiary/aromatic N) is 1. The van der Waals surface area contributed by atoms with Crippen molar-refractivity contribution in [3.8, 4) is 0 Å². The first kappa shape index (κ1) is 46.9. The first-order chi connectivity index (χ1) is 25.8. The molecular weight excluding hydrogens is 674 g/mol. The van der Waals surface area contributed by atoms with E-state index in [1.165, 1.54) is 142 Å². The predicted molar refractivity (Wildman–Crippen MR) is 211 cm³/mol. The molecule has 3 saturated heterocycles. The van der Waals surface area contributed by atoms with E-state index in [2.05, 4.69) is 22.5 Å². The fraction of sp³-hybridized carbons (Fsp3) is 1.00. The molecule has 3 aliphatic rings. The van der Waals surface area contributed by atoms with Gasteiger partial charge in [0.2, 0.25) is 0 Å². The number of aliphatic hydroxyl groups is 6. The number of rotatable bonds is 31. The molecule has 3 aliphatic heterocycles. The first-order valence-electron chi connectivity index (χ1n) is 22.4. The van der Waals surface area contributed by atoms with Crippen LogP contribution < -0.4 is 10.6 Å². The molecule has 3 rings (SSSR count). The summed E-state index contributed by atoms with van der Waals surface area (Å²) in [5, 5.41) is 70.3. The first-order valence-corrected chi connectivity index (χ1v) is 22.4. The van der Waals surface area contributed by atoms with Gasteiger partial charge in [0, 0.05) is 18.5 Å². The largest absolute Gasteiger partial charge is 0.394 e. The van der Waals surface area contributed by atoms with Gasteiger partial charge in [0.15, 0.2) is 6.29 Å². The zero-order valence-electron chi connectivity index (χ0n) is 33.6. The van der Waals surface area contributed by atoms with E-state index in [9.17, 15) is 30.6 Å². The number of piperidine rings is 1. The van der Waals surface area contributed by atoms with Crippen LogP contribution in [0.1, 0.15) is 167 Å². The maximum Gasteiger partial charge on any atom is 0.186 e. The van der Waals surface area contributed by atoms with Gasteiger partial charge in [-0.25, -0.2) is 0 Å². The summed E-state index contributed by atoms with van der Waals surface area (Å²) < 4.78 is 11.5. The molecule has 53 heavy (non-hydrogen) atoms. The van der Waals surface area contributed by atoms with Crippen molar-refractivity contribution in [2.75, 3.05) is 39.4 Å². The lowest BCUT2D eigenvalue weighted by molar-refractivity contribution is -0.305. The molecular formula is C42H83N3O8. The minimum absolute atomic E-state index is 0.0607. The molecule has 314 valence electrons. The average molecular weight is 758 g/mol. The Labute approximate surface area is 323 Å². The summed E-state index contributed by atoms with van der Waals surface area (Å²) >= 11 is 0. The van der Waals surface area contributed by atoms with Gasteiger partial charge in [-0.3, -0.25) is 10.6 Å². The summed E-state index contributed by atoms with van der Waals surface area (Å²) in [6.45, 7) is 6.27. The van der Waals surface area contributed by atoms with Crippen LogP contribution in [0.15, 0.2) is 0 Å². The van der Waals surface area contributed by atoms with Gasteiger partial charge in [-0.15, -0.1) is 0 Å². The number of likely N-dealkylation sites (tertiary alicyclic amines) is 1. The second kappa shape index (κ2) is 28.9. The summed E-state index contributed by atoms with van der Waals surface area (Å²) in [7, 11) is 0. The van der Waals surface area contributed by atoms with Crippen molar-refractivity contribution < 1.29 is 40.1 Å². The molecule has 0 aromatic carbocycles. The van der Waals surface area contributed by atoms with Crippen molar-refractivity contribution in [1.29, 1.82) is 0 Å². The Morgan fingerprint density at radius 3 is 1.87 bits per heavy atom. The molecule has 0 aliphatic carbocycles. The summed E-state index contributed by atoms with van der Waals surface area (Å²) in [5.74, 6) is -0.561. The Morgan fingerprint density at radius 2 is 1.26 bits per heavy atom. The van der Waals surface area contributed by atoms with Crippen molar-refractivity contribution in [1.82, 2.24) is 15.5 Å². The van der Waals surface area contributed by atoms with Crippen LogP contribution in [-0.2, 0) is 9.47 Å². The van der Waals surface area contributed by atoms with Gasteiger partial charge in [0.05, 0.1) is 31.6 Å². The fourth-order valence-corrected chi connectivity index (χ4v) is 8.52. The summed E-state index contributed by atoms with van der Waals surface area (Å²) in [4.78, 5) is 2.64. The van der Waals surface area contributed by atoms with E-state index in [1.54, 1.807) is 0 Å².